The summed E-state index contributed by atoms with van der Waals surface area (Å²) in [7, 11) is 0. The van der Waals surface area contributed by atoms with Crippen molar-refractivity contribution >= 4 is 11.8 Å². The predicted octanol–water partition coefficient (Wildman–Crippen LogP) is 3.92. The van der Waals surface area contributed by atoms with Gasteiger partial charge in [-0.1, -0.05) is 60.5 Å². The number of hydrogen-bond acceptors (Lipinski definition) is 5. The first-order valence-corrected chi connectivity index (χ1v) is 11.3. The van der Waals surface area contributed by atoms with Gasteiger partial charge in [-0.3, -0.25) is 9.59 Å². The Morgan fingerprint density at radius 1 is 1.06 bits per heavy atom. The molecule has 2 fully saturated rings. The van der Waals surface area contributed by atoms with E-state index < -0.39 is 0 Å². The molecule has 1 aliphatic carbocycles. The Bertz CT molecular complexity index is 1110. The van der Waals surface area contributed by atoms with Gasteiger partial charge < -0.3 is 14.7 Å². The summed E-state index contributed by atoms with van der Waals surface area (Å²) in [5, 5.41) is 7.08. The number of likely N-dealkylation sites (tertiary alicyclic amines) is 1. The highest BCUT2D eigenvalue weighted by atomic mass is 16.5. The van der Waals surface area contributed by atoms with E-state index in [1.165, 1.54) is 12.8 Å². The third-order valence-corrected chi connectivity index (χ3v) is 6.42. The van der Waals surface area contributed by atoms with Gasteiger partial charge in [0.2, 0.25) is 11.7 Å². The molecule has 1 atom stereocenters. The van der Waals surface area contributed by atoms with Crippen LogP contribution in [0.5, 0.6) is 0 Å². The van der Waals surface area contributed by atoms with Gasteiger partial charge in [0, 0.05) is 37.0 Å². The molecular weight excluding hydrogens is 404 g/mol. The second-order valence-electron chi connectivity index (χ2n) is 8.60. The number of nitrogens with one attached hydrogen (secondary N) is 1. The number of carbonyl (C=O) groups excluding carboxylic acids is 2. The van der Waals surface area contributed by atoms with Crippen molar-refractivity contribution in [1.29, 1.82) is 0 Å². The summed E-state index contributed by atoms with van der Waals surface area (Å²) in [5.41, 5.74) is 1.92. The lowest BCUT2D eigenvalue weighted by atomic mass is 10.1. The van der Waals surface area contributed by atoms with Crippen LogP contribution in [-0.2, 0) is 4.79 Å². The van der Waals surface area contributed by atoms with Crippen LogP contribution in [0.3, 0.4) is 0 Å². The molecule has 0 bridgehead atoms. The summed E-state index contributed by atoms with van der Waals surface area (Å²) in [4.78, 5) is 31.9. The van der Waals surface area contributed by atoms with Crippen molar-refractivity contribution in [2.24, 2.45) is 5.92 Å². The lowest BCUT2D eigenvalue weighted by Gasteiger charge is -2.24. The van der Waals surface area contributed by atoms with E-state index in [2.05, 4.69) is 15.5 Å². The van der Waals surface area contributed by atoms with Crippen molar-refractivity contribution < 1.29 is 14.1 Å². The lowest BCUT2D eigenvalue weighted by molar-refractivity contribution is -0.129. The number of amides is 2. The first kappa shape index (κ1) is 20.4. The molecule has 3 aromatic rings. The quantitative estimate of drug-likeness (QED) is 0.640. The maximum atomic E-state index is 13.0. The smallest absolute Gasteiger partial charge is 0.259 e. The Kier molecular flexibility index (Phi) is 5.71. The number of aromatic nitrogens is 2. The van der Waals surface area contributed by atoms with Gasteiger partial charge in [-0.25, -0.2) is 0 Å². The van der Waals surface area contributed by atoms with Gasteiger partial charge >= 0.3 is 0 Å². The molecule has 1 unspecified atom stereocenters. The Balaban J connectivity index is 1.27. The van der Waals surface area contributed by atoms with E-state index in [0.29, 0.717) is 41.8 Å². The van der Waals surface area contributed by atoms with Crippen LogP contribution >= 0.6 is 0 Å². The molecule has 2 amide bonds. The van der Waals surface area contributed by atoms with Gasteiger partial charge in [0.25, 0.3) is 11.8 Å². The van der Waals surface area contributed by atoms with E-state index in [9.17, 15) is 9.59 Å². The molecular formula is C25H26N4O3. The number of rotatable bonds is 6. The number of nitrogens with zero attached hydrogens (tertiary/aromatic N) is 3. The molecule has 0 spiro atoms. The van der Waals surface area contributed by atoms with Crippen LogP contribution in [0, 0.1) is 5.92 Å². The zero-order chi connectivity index (χ0) is 21.9. The zero-order valence-electron chi connectivity index (χ0n) is 17.9. The maximum absolute atomic E-state index is 13.0. The molecule has 1 saturated heterocycles. The molecule has 32 heavy (non-hydrogen) atoms. The van der Waals surface area contributed by atoms with E-state index in [4.69, 9.17) is 4.52 Å². The highest BCUT2D eigenvalue weighted by Gasteiger charge is 2.35. The summed E-state index contributed by atoms with van der Waals surface area (Å²) in [6.07, 6.45) is 5.12. The number of benzene rings is 2. The fourth-order valence-corrected chi connectivity index (χ4v) is 4.75. The van der Waals surface area contributed by atoms with Crippen LogP contribution in [0.4, 0.5) is 0 Å². The molecule has 0 radical (unpaired) electrons. The van der Waals surface area contributed by atoms with Crippen molar-refractivity contribution in [2.45, 2.75) is 38.1 Å². The Labute approximate surface area is 186 Å². The van der Waals surface area contributed by atoms with E-state index in [-0.39, 0.29) is 17.7 Å². The molecule has 1 saturated carbocycles. The zero-order valence-corrected chi connectivity index (χ0v) is 17.9. The fraction of sp³-hybridized carbons (Fsp3) is 0.360. The largest absolute Gasteiger partial charge is 0.352 e. The van der Waals surface area contributed by atoms with E-state index >= 15 is 0 Å². The second-order valence-corrected chi connectivity index (χ2v) is 8.60. The third kappa shape index (κ3) is 4.15. The molecule has 7 heteroatoms. The molecule has 1 N–H and O–H groups in total. The molecule has 7 nitrogen and oxygen atoms in total. The Morgan fingerprint density at radius 2 is 1.81 bits per heavy atom. The lowest BCUT2D eigenvalue weighted by Crippen LogP contribution is -2.36. The molecule has 1 aliphatic heterocycles. The van der Waals surface area contributed by atoms with Gasteiger partial charge in [-0.05, 0) is 25.0 Å². The van der Waals surface area contributed by atoms with Crippen molar-refractivity contribution in [3.8, 4) is 22.8 Å². The third-order valence-electron chi connectivity index (χ3n) is 6.42. The van der Waals surface area contributed by atoms with Crippen LogP contribution in [-0.4, -0.2) is 46.0 Å². The normalized spacial score (nSPS) is 18.9. The van der Waals surface area contributed by atoms with E-state index in [1.54, 1.807) is 12.1 Å². The summed E-state index contributed by atoms with van der Waals surface area (Å²) >= 11 is 0. The van der Waals surface area contributed by atoms with E-state index in [0.717, 1.165) is 24.9 Å². The summed E-state index contributed by atoms with van der Waals surface area (Å²) < 4.78 is 5.47. The van der Waals surface area contributed by atoms with Crippen molar-refractivity contribution in [1.82, 2.24) is 20.4 Å². The highest BCUT2D eigenvalue weighted by Crippen LogP contribution is 2.29. The van der Waals surface area contributed by atoms with Gasteiger partial charge in [-0.15, -0.1) is 0 Å². The van der Waals surface area contributed by atoms with Crippen molar-refractivity contribution in [2.75, 3.05) is 13.1 Å². The molecule has 1 aromatic heterocycles. The number of hydrogen-bond donors (Lipinski definition) is 1. The SMILES string of the molecule is O=C(NCC1CC(=O)N(C2CCCC2)C1)c1ccccc1-c1nc(-c2ccccc2)no1. The van der Waals surface area contributed by atoms with Gasteiger partial charge in [0.15, 0.2) is 0 Å². The molecule has 164 valence electrons. The minimum atomic E-state index is -0.202. The summed E-state index contributed by atoms with van der Waals surface area (Å²) in [6, 6.07) is 17.2. The Hall–Kier alpha value is -3.48. The van der Waals surface area contributed by atoms with Crippen LogP contribution in [0.15, 0.2) is 59.1 Å². The number of carbonyl (C=O) groups is 2. The van der Waals surface area contributed by atoms with Gasteiger partial charge in [-0.2, -0.15) is 4.98 Å². The minimum absolute atomic E-state index is 0.146. The first-order valence-electron chi connectivity index (χ1n) is 11.3. The Morgan fingerprint density at radius 3 is 2.62 bits per heavy atom. The topological polar surface area (TPSA) is 88.3 Å². The van der Waals surface area contributed by atoms with Crippen molar-refractivity contribution in [3.05, 3.63) is 60.2 Å². The fourth-order valence-electron chi connectivity index (χ4n) is 4.75. The molecule has 5 rings (SSSR count). The predicted molar refractivity (Wildman–Crippen MR) is 120 cm³/mol. The average Bonchev–Trinajstić information content (AvgIpc) is 3.59. The van der Waals surface area contributed by atoms with Crippen LogP contribution in [0.25, 0.3) is 22.8 Å². The van der Waals surface area contributed by atoms with Crippen LogP contribution in [0.1, 0.15) is 42.5 Å². The molecule has 2 aliphatic rings. The monoisotopic (exact) mass is 430 g/mol. The van der Waals surface area contributed by atoms with Crippen molar-refractivity contribution in [3.63, 3.8) is 0 Å². The van der Waals surface area contributed by atoms with Gasteiger partial charge in [0.1, 0.15) is 0 Å². The second kappa shape index (κ2) is 8.94. The molecule has 2 heterocycles. The minimum Gasteiger partial charge on any atom is -0.352 e. The van der Waals surface area contributed by atoms with Gasteiger partial charge in [0.05, 0.1) is 11.1 Å². The summed E-state index contributed by atoms with van der Waals surface area (Å²) in [5.74, 6) is 0.945. The van der Waals surface area contributed by atoms with Crippen LogP contribution in [0.2, 0.25) is 0 Å². The van der Waals surface area contributed by atoms with Crippen LogP contribution < -0.4 is 5.32 Å². The highest BCUT2D eigenvalue weighted by molar-refractivity contribution is 6.00. The molecule has 2 aromatic carbocycles. The average molecular weight is 431 g/mol. The standard InChI is InChI=1S/C25H26N4O3/c30-22-14-17(16-29(22)19-10-4-5-11-19)15-26-24(31)20-12-6-7-13-21(20)25-27-23(28-32-25)18-8-2-1-3-9-18/h1-3,6-9,12-13,17,19H,4-5,10-11,14-16H2,(H,26,31). The summed E-state index contributed by atoms with van der Waals surface area (Å²) in [6.45, 7) is 1.21. The first-order chi connectivity index (χ1) is 15.7. The maximum Gasteiger partial charge on any atom is 0.259 e. The van der Waals surface area contributed by atoms with E-state index in [1.807, 2.05) is 47.4 Å².